The molecule has 0 radical (unpaired) electrons. The van der Waals surface area contributed by atoms with Gasteiger partial charge in [0.15, 0.2) is 5.69 Å². The van der Waals surface area contributed by atoms with Crippen LogP contribution in [-0.2, 0) is 29.4 Å². The fourth-order valence-corrected chi connectivity index (χ4v) is 5.28. The highest BCUT2D eigenvalue weighted by molar-refractivity contribution is 5.95. The monoisotopic (exact) mass is 388 g/mol. The summed E-state index contributed by atoms with van der Waals surface area (Å²) in [5.41, 5.74) is 2.57. The molecule has 0 N–H and O–H groups in total. The molecule has 2 fully saturated rings. The van der Waals surface area contributed by atoms with Crippen molar-refractivity contribution in [3.8, 4) is 0 Å². The third kappa shape index (κ3) is 3.34. The molecule has 2 saturated heterocycles. The summed E-state index contributed by atoms with van der Waals surface area (Å²) in [5.74, 6) is 0.244. The van der Waals surface area contributed by atoms with Gasteiger partial charge in [0.05, 0.1) is 5.41 Å². The number of likely N-dealkylation sites (tertiary alicyclic amines) is 2. The molecule has 2 amide bonds. The van der Waals surface area contributed by atoms with Gasteiger partial charge < -0.3 is 14.5 Å². The van der Waals surface area contributed by atoms with Crippen LogP contribution in [0.25, 0.3) is 0 Å². The maximum atomic E-state index is 13.3. The smallest absolute Gasteiger partial charge is 0.274 e. The Kier molecular flexibility index (Phi) is 5.45. The lowest BCUT2D eigenvalue weighted by Gasteiger charge is -2.39. The second-order valence-electron chi connectivity index (χ2n) is 8.60. The van der Waals surface area contributed by atoms with E-state index in [0.717, 1.165) is 63.6 Å². The van der Waals surface area contributed by atoms with Crippen molar-refractivity contribution in [2.24, 2.45) is 12.5 Å². The predicted molar refractivity (Wildman–Crippen MR) is 105 cm³/mol. The zero-order chi connectivity index (χ0) is 19.7. The Bertz CT molecular complexity index is 759. The molecule has 1 aromatic rings. The molecule has 154 valence electrons. The highest BCUT2D eigenvalue weighted by Gasteiger charge is 2.49. The van der Waals surface area contributed by atoms with Gasteiger partial charge in [-0.2, -0.15) is 5.10 Å². The number of fused-ring (bicyclic) bond motifs is 1. The van der Waals surface area contributed by atoms with Crippen LogP contribution in [0.5, 0.6) is 0 Å². The fourth-order valence-electron chi connectivity index (χ4n) is 5.28. The van der Waals surface area contributed by atoms with E-state index < -0.39 is 5.41 Å². The Morgan fingerprint density at radius 2 is 2.00 bits per heavy atom. The molecule has 3 heterocycles. The summed E-state index contributed by atoms with van der Waals surface area (Å²) in [7, 11) is 3.63. The van der Waals surface area contributed by atoms with Crippen LogP contribution in [0.2, 0.25) is 0 Å². The third-order valence-electron chi connectivity index (χ3n) is 6.81. The molecule has 3 aliphatic rings. The summed E-state index contributed by atoms with van der Waals surface area (Å²) in [4.78, 5) is 30.3. The van der Waals surface area contributed by atoms with E-state index in [-0.39, 0.29) is 11.8 Å². The van der Waals surface area contributed by atoms with Crippen molar-refractivity contribution in [3.05, 3.63) is 17.0 Å². The van der Waals surface area contributed by atoms with Crippen LogP contribution in [0.4, 0.5) is 0 Å². The minimum Gasteiger partial charge on any atom is -0.385 e. The molecule has 2 aliphatic heterocycles. The number of aromatic nitrogens is 2. The minimum absolute atomic E-state index is 0.0138. The topological polar surface area (TPSA) is 67.7 Å². The summed E-state index contributed by atoms with van der Waals surface area (Å²) in [6.45, 7) is 3.44. The van der Waals surface area contributed by atoms with Crippen LogP contribution in [0.15, 0.2) is 0 Å². The molecule has 7 nitrogen and oxygen atoms in total. The average molecular weight is 389 g/mol. The normalized spacial score (nSPS) is 24.9. The van der Waals surface area contributed by atoms with Crippen molar-refractivity contribution in [2.75, 3.05) is 39.9 Å². The fraction of sp³-hybridized carbons (Fsp3) is 0.762. The Morgan fingerprint density at radius 3 is 2.82 bits per heavy atom. The van der Waals surface area contributed by atoms with Gasteiger partial charge in [0.25, 0.3) is 5.91 Å². The van der Waals surface area contributed by atoms with Gasteiger partial charge in [0.2, 0.25) is 5.91 Å². The molecule has 0 unspecified atom stereocenters. The highest BCUT2D eigenvalue weighted by atomic mass is 16.5. The maximum Gasteiger partial charge on any atom is 0.274 e. The number of hydrogen-bond donors (Lipinski definition) is 0. The van der Waals surface area contributed by atoms with Gasteiger partial charge in [0.1, 0.15) is 0 Å². The number of hydrogen-bond acceptors (Lipinski definition) is 4. The molecule has 1 aliphatic carbocycles. The molecule has 7 heteroatoms. The van der Waals surface area contributed by atoms with Gasteiger partial charge in [0, 0.05) is 58.2 Å². The van der Waals surface area contributed by atoms with E-state index in [1.807, 2.05) is 21.5 Å². The van der Waals surface area contributed by atoms with Gasteiger partial charge in [-0.15, -0.1) is 0 Å². The molecule has 0 saturated carbocycles. The Morgan fingerprint density at radius 1 is 1.18 bits per heavy atom. The van der Waals surface area contributed by atoms with E-state index >= 15 is 0 Å². The number of rotatable bonds is 5. The minimum atomic E-state index is -0.393. The third-order valence-corrected chi connectivity index (χ3v) is 6.81. The molecular formula is C21H32N4O3. The maximum absolute atomic E-state index is 13.3. The van der Waals surface area contributed by atoms with Gasteiger partial charge in [-0.3, -0.25) is 14.3 Å². The number of methoxy groups -OCH3 is 1. The number of nitrogens with zero attached hydrogens (tertiary/aromatic N) is 4. The van der Waals surface area contributed by atoms with Crippen LogP contribution >= 0.6 is 0 Å². The summed E-state index contributed by atoms with van der Waals surface area (Å²) in [6, 6.07) is 0. The zero-order valence-electron chi connectivity index (χ0n) is 17.2. The number of piperidine rings is 1. The van der Waals surface area contributed by atoms with Crippen LogP contribution in [-0.4, -0.2) is 71.3 Å². The molecule has 0 aromatic carbocycles. The first-order chi connectivity index (χ1) is 13.6. The van der Waals surface area contributed by atoms with Gasteiger partial charge in [-0.1, -0.05) is 0 Å². The lowest BCUT2D eigenvalue weighted by molar-refractivity contribution is -0.145. The van der Waals surface area contributed by atoms with Crippen molar-refractivity contribution in [1.82, 2.24) is 19.6 Å². The standard InChI is InChI=1S/C21H32N4O3/c1-23-17-8-4-3-7-16(17)18(22-23)19(26)25-13-10-21(15-25)9-5-11-24(20(21)27)12-6-14-28-2/h3-15H2,1-2H3/t21-/m0/s1. The SMILES string of the molecule is COCCCN1CCC[C@@]2(CCN(C(=O)c3nn(C)c4c3CCCC4)C2)C1=O. The Labute approximate surface area is 167 Å². The van der Waals surface area contributed by atoms with Crippen molar-refractivity contribution in [3.63, 3.8) is 0 Å². The quantitative estimate of drug-likeness (QED) is 0.722. The van der Waals surface area contributed by atoms with Crippen molar-refractivity contribution < 1.29 is 14.3 Å². The van der Waals surface area contributed by atoms with E-state index in [9.17, 15) is 9.59 Å². The molecular weight excluding hydrogens is 356 g/mol. The molecule has 1 spiro atoms. The number of ether oxygens (including phenoxy) is 1. The summed E-state index contributed by atoms with van der Waals surface area (Å²) < 4.78 is 7.02. The average Bonchev–Trinajstić information content (AvgIpc) is 3.28. The predicted octanol–water partition coefficient (Wildman–Crippen LogP) is 1.79. The number of amides is 2. The summed E-state index contributed by atoms with van der Waals surface area (Å²) >= 11 is 0. The summed E-state index contributed by atoms with van der Waals surface area (Å²) in [5, 5.41) is 4.57. The molecule has 28 heavy (non-hydrogen) atoms. The largest absolute Gasteiger partial charge is 0.385 e. The Balaban J connectivity index is 1.47. The highest BCUT2D eigenvalue weighted by Crippen LogP contribution is 2.41. The van der Waals surface area contributed by atoms with Gasteiger partial charge >= 0.3 is 0 Å². The number of carbonyl (C=O) groups excluding carboxylic acids is 2. The van der Waals surface area contributed by atoms with Crippen molar-refractivity contribution >= 4 is 11.8 Å². The van der Waals surface area contributed by atoms with Crippen LogP contribution in [0, 0.1) is 5.41 Å². The van der Waals surface area contributed by atoms with Crippen molar-refractivity contribution in [2.45, 2.75) is 51.4 Å². The lowest BCUT2D eigenvalue weighted by atomic mass is 9.78. The van der Waals surface area contributed by atoms with E-state index in [1.54, 1.807) is 7.11 Å². The Hall–Kier alpha value is -1.89. The molecule has 1 aromatic heterocycles. The summed E-state index contributed by atoms with van der Waals surface area (Å²) in [6.07, 6.45) is 7.77. The number of carbonyl (C=O) groups is 2. The van der Waals surface area contributed by atoms with Gasteiger partial charge in [-0.05, 0) is 51.4 Å². The molecule has 4 rings (SSSR count). The van der Waals surface area contributed by atoms with E-state index in [0.29, 0.717) is 25.4 Å². The van der Waals surface area contributed by atoms with Crippen LogP contribution in [0.3, 0.4) is 0 Å². The first kappa shape index (κ1) is 19.4. The zero-order valence-corrected chi connectivity index (χ0v) is 17.2. The van der Waals surface area contributed by atoms with E-state index in [1.165, 1.54) is 12.1 Å². The van der Waals surface area contributed by atoms with E-state index in [2.05, 4.69) is 5.10 Å². The molecule has 0 bridgehead atoms. The second kappa shape index (κ2) is 7.85. The lowest BCUT2D eigenvalue weighted by Crippen LogP contribution is -2.50. The van der Waals surface area contributed by atoms with Crippen molar-refractivity contribution in [1.29, 1.82) is 0 Å². The first-order valence-corrected chi connectivity index (χ1v) is 10.7. The van der Waals surface area contributed by atoms with E-state index in [4.69, 9.17) is 4.74 Å². The second-order valence-corrected chi connectivity index (χ2v) is 8.60. The van der Waals surface area contributed by atoms with Crippen LogP contribution in [0.1, 0.15) is 60.3 Å². The number of aryl methyl sites for hydroxylation is 1. The molecule has 1 atom stereocenters. The van der Waals surface area contributed by atoms with Crippen LogP contribution < -0.4 is 0 Å². The van der Waals surface area contributed by atoms with Gasteiger partial charge in [-0.25, -0.2) is 0 Å². The first-order valence-electron chi connectivity index (χ1n) is 10.7.